The lowest BCUT2D eigenvalue weighted by Gasteiger charge is -2.05. The van der Waals surface area contributed by atoms with Crippen LogP contribution in [0.15, 0.2) is 36.5 Å². The Kier molecular flexibility index (Phi) is 3.38. The molecule has 0 atom stereocenters. The predicted molar refractivity (Wildman–Crippen MR) is 89.5 cm³/mol. The maximum absolute atomic E-state index is 4.68. The van der Waals surface area contributed by atoms with Crippen molar-refractivity contribution in [1.29, 1.82) is 0 Å². The smallest absolute Gasteiger partial charge is 0.144 e. The van der Waals surface area contributed by atoms with E-state index in [-0.39, 0.29) is 0 Å². The average molecular weight is 276 g/mol. The van der Waals surface area contributed by atoms with Crippen molar-refractivity contribution < 1.29 is 0 Å². The fraction of sp³-hybridized carbons (Fsp3) is 0.211. The van der Waals surface area contributed by atoms with Gasteiger partial charge in [0.25, 0.3) is 0 Å². The Morgan fingerprint density at radius 2 is 1.62 bits per heavy atom. The van der Waals surface area contributed by atoms with Crippen LogP contribution in [0.2, 0.25) is 0 Å². The van der Waals surface area contributed by atoms with Gasteiger partial charge in [-0.3, -0.25) is 0 Å². The summed E-state index contributed by atoms with van der Waals surface area (Å²) in [6, 6.07) is 10.6. The standard InChI is InChI=1S/C19H20N2/c1-13-7-5-8-14(2)18(13)11-10-17-9-6-12-21-16(4)15(3)20-19(17)21/h5-12H,1-4H3. The fourth-order valence-electron chi connectivity index (χ4n) is 2.71. The highest BCUT2D eigenvalue weighted by Crippen LogP contribution is 2.20. The van der Waals surface area contributed by atoms with Gasteiger partial charge in [-0.1, -0.05) is 30.4 Å². The van der Waals surface area contributed by atoms with Crippen LogP contribution in [0.4, 0.5) is 0 Å². The van der Waals surface area contributed by atoms with E-state index in [9.17, 15) is 0 Å². The van der Waals surface area contributed by atoms with Crippen molar-refractivity contribution in [3.8, 4) is 0 Å². The minimum absolute atomic E-state index is 1.02. The van der Waals surface area contributed by atoms with Gasteiger partial charge < -0.3 is 4.40 Å². The summed E-state index contributed by atoms with van der Waals surface area (Å²) in [6.07, 6.45) is 6.43. The van der Waals surface area contributed by atoms with Crippen molar-refractivity contribution in [2.45, 2.75) is 27.7 Å². The van der Waals surface area contributed by atoms with Gasteiger partial charge in [-0.2, -0.15) is 0 Å². The SMILES string of the molecule is Cc1cccc(C)c1C=Cc1cccn2c(C)c(C)nc12. The van der Waals surface area contributed by atoms with E-state index >= 15 is 0 Å². The van der Waals surface area contributed by atoms with Crippen LogP contribution in [0.25, 0.3) is 17.8 Å². The largest absolute Gasteiger partial charge is 0.304 e. The zero-order valence-electron chi connectivity index (χ0n) is 13.0. The Hall–Kier alpha value is -2.35. The summed E-state index contributed by atoms with van der Waals surface area (Å²) in [5, 5.41) is 0. The molecule has 0 radical (unpaired) electrons. The first kappa shape index (κ1) is 13.6. The molecule has 0 unspecified atom stereocenters. The minimum Gasteiger partial charge on any atom is -0.304 e. The van der Waals surface area contributed by atoms with Gasteiger partial charge in [-0.05, 0) is 56.5 Å². The van der Waals surface area contributed by atoms with Gasteiger partial charge in [-0.15, -0.1) is 0 Å². The van der Waals surface area contributed by atoms with Gasteiger partial charge in [0.15, 0.2) is 0 Å². The number of rotatable bonds is 2. The molecule has 2 heterocycles. The summed E-state index contributed by atoms with van der Waals surface area (Å²) >= 11 is 0. The van der Waals surface area contributed by atoms with E-state index in [1.165, 1.54) is 22.4 Å². The van der Waals surface area contributed by atoms with Crippen LogP contribution in [0.1, 0.15) is 33.6 Å². The summed E-state index contributed by atoms with van der Waals surface area (Å²) in [6.45, 7) is 8.46. The number of hydrogen-bond acceptors (Lipinski definition) is 1. The number of imidazole rings is 1. The highest BCUT2D eigenvalue weighted by molar-refractivity contribution is 5.78. The van der Waals surface area contributed by atoms with E-state index in [4.69, 9.17) is 0 Å². The van der Waals surface area contributed by atoms with Gasteiger partial charge in [0, 0.05) is 17.5 Å². The summed E-state index contributed by atoms with van der Waals surface area (Å²) in [7, 11) is 0. The molecule has 3 rings (SSSR count). The van der Waals surface area contributed by atoms with Crippen LogP contribution in [-0.2, 0) is 0 Å². The van der Waals surface area contributed by atoms with Gasteiger partial charge in [0.05, 0.1) is 5.69 Å². The number of fused-ring (bicyclic) bond motifs is 1. The molecule has 2 nitrogen and oxygen atoms in total. The van der Waals surface area contributed by atoms with E-state index in [2.05, 4.69) is 85.8 Å². The zero-order valence-corrected chi connectivity index (χ0v) is 13.0. The Labute approximate surface area is 125 Å². The van der Waals surface area contributed by atoms with Crippen molar-refractivity contribution in [1.82, 2.24) is 9.38 Å². The molecule has 0 aliphatic heterocycles. The number of nitrogens with zero attached hydrogens (tertiary/aromatic N) is 2. The molecular formula is C19H20N2. The molecule has 21 heavy (non-hydrogen) atoms. The van der Waals surface area contributed by atoms with E-state index in [0.29, 0.717) is 0 Å². The van der Waals surface area contributed by atoms with E-state index < -0.39 is 0 Å². The van der Waals surface area contributed by atoms with Crippen LogP contribution in [0, 0.1) is 27.7 Å². The number of aryl methyl sites for hydroxylation is 4. The number of hydrogen-bond donors (Lipinski definition) is 0. The van der Waals surface area contributed by atoms with Gasteiger partial charge in [0.2, 0.25) is 0 Å². The first-order chi connectivity index (χ1) is 10.1. The lowest BCUT2D eigenvalue weighted by atomic mass is 10.0. The maximum Gasteiger partial charge on any atom is 0.144 e. The van der Waals surface area contributed by atoms with E-state index in [1.807, 2.05) is 0 Å². The molecule has 1 aromatic carbocycles. The van der Waals surface area contributed by atoms with E-state index in [0.717, 1.165) is 16.9 Å². The Morgan fingerprint density at radius 1 is 0.905 bits per heavy atom. The Morgan fingerprint density at radius 3 is 2.33 bits per heavy atom. The second-order valence-corrected chi connectivity index (χ2v) is 5.58. The third-order valence-electron chi connectivity index (χ3n) is 4.13. The van der Waals surface area contributed by atoms with Crippen LogP contribution in [-0.4, -0.2) is 9.38 Å². The number of pyridine rings is 1. The van der Waals surface area contributed by atoms with Gasteiger partial charge in [0.1, 0.15) is 5.65 Å². The molecule has 106 valence electrons. The summed E-state index contributed by atoms with van der Waals surface area (Å²) in [5.74, 6) is 0. The molecule has 0 bridgehead atoms. The predicted octanol–water partition coefficient (Wildman–Crippen LogP) is 4.74. The third kappa shape index (κ3) is 2.38. The topological polar surface area (TPSA) is 17.3 Å². The lowest BCUT2D eigenvalue weighted by Crippen LogP contribution is -1.89. The minimum atomic E-state index is 1.02. The summed E-state index contributed by atoms with van der Waals surface area (Å²) in [5.41, 5.74) is 8.35. The Balaban J connectivity index is 2.10. The molecule has 3 aromatic rings. The molecule has 0 amide bonds. The normalized spacial score (nSPS) is 11.6. The lowest BCUT2D eigenvalue weighted by molar-refractivity contribution is 1.09. The van der Waals surface area contributed by atoms with E-state index in [1.54, 1.807) is 0 Å². The van der Waals surface area contributed by atoms with Crippen molar-refractivity contribution in [2.75, 3.05) is 0 Å². The zero-order chi connectivity index (χ0) is 15.0. The first-order valence-electron chi connectivity index (χ1n) is 7.26. The highest BCUT2D eigenvalue weighted by atomic mass is 15.0. The molecule has 2 heteroatoms. The molecule has 2 aromatic heterocycles. The van der Waals surface area contributed by atoms with Crippen molar-refractivity contribution >= 4 is 17.8 Å². The molecule has 0 N–H and O–H groups in total. The van der Waals surface area contributed by atoms with Crippen molar-refractivity contribution in [3.63, 3.8) is 0 Å². The molecule has 0 aliphatic rings. The maximum atomic E-state index is 4.68. The molecular weight excluding hydrogens is 256 g/mol. The van der Waals surface area contributed by atoms with Crippen molar-refractivity contribution in [3.05, 3.63) is 70.2 Å². The molecule has 0 spiro atoms. The second kappa shape index (κ2) is 5.21. The van der Waals surface area contributed by atoms with Crippen LogP contribution in [0.3, 0.4) is 0 Å². The van der Waals surface area contributed by atoms with Crippen molar-refractivity contribution in [2.24, 2.45) is 0 Å². The monoisotopic (exact) mass is 276 g/mol. The van der Waals surface area contributed by atoms with Crippen LogP contribution in [0.5, 0.6) is 0 Å². The molecule has 0 saturated heterocycles. The number of benzene rings is 1. The van der Waals surface area contributed by atoms with Gasteiger partial charge in [-0.25, -0.2) is 4.98 Å². The molecule has 0 fully saturated rings. The highest BCUT2D eigenvalue weighted by Gasteiger charge is 2.06. The average Bonchev–Trinajstić information content (AvgIpc) is 2.75. The van der Waals surface area contributed by atoms with Crippen LogP contribution < -0.4 is 0 Å². The molecule has 0 saturated carbocycles. The summed E-state index contributed by atoms with van der Waals surface area (Å²) in [4.78, 5) is 4.68. The van der Waals surface area contributed by atoms with Gasteiger partial charge >= 0.3 is 0 Å². The second-order valence-electron chi connectivity index (χ2n) is 5.58. The first-order valence-corrected chi connectivity index (χ1v) is 7.26. The Bertz CT molecular complexity index is 818. The summed E-state index contributed by atoms with van der Waals surface area (Å²) < 4.78 is 2.15. The van der Waals surface area contributed by atoms with Crippen LogP contribution >= 0.6 is 0 Å². The third-order valence-corrected chi connectivity index (χ3v) is 4.13. The number of aromatic nitrogens is 2. The fourth-order valence-corrected chi connectivity index (χ4v) is 2.71. The molecule has 0 aliphatic carbocycles. The quantitative estimate of drug-likeness (QED) is 0.661.